The third-order valence-corrected chi connectivity index (χ3v) is 3.35. The van der Waals surface area contributed by atoms with Gasteiger partial charge >= 0.3 is 0 Å². The Labute approximate surface area is 114 Å². The monoisotopic (exact) mass is 256 g/mol. The standard InChI is InChI=1S/C15H20N4/c1-19(11-6-13-2-7-17-8-3-13)15(12-16)14-4-9-18-10-5-14/h2-5,7-10,15H,6,11-12,16H2,1H3. The fraction of sp³-hybridized carbons (Fsp3) is 0.333. The lowest BCUT2D eigenvalue weighted by Crippen LogP contribution is -2.32. The third-order valence-electron chi connectivity index (χ3n) is 3.35. The fourth-order valence-corrected chi connectivity index (χ4v) is 2.17. The number of hydrogen-bond acceptors (Lipinski definition) is 4. The van der Waals surface area contributed by atoms with Crippen LogP contribution in [0.15, 0.2) is 49.1 Å². The average Bonchev–Trinajstić information content (AvgIpc) is 2.48. The zero-order valence-corrected chi connectivity index (χ0v) is 11.2. The summed E-state index contributed by atoms with van der Waals surface area (Å²) in [4.78, 5) is 10.4. The van der Waals surface area contributed by atoms with Crippen LogP contribution in [0.3, 0.4) is 0 Å². The summed E-state index contributed by atoms with van der Waals surface area (Å²) in [7, 11) is 2.11. The first-order chi connectivity index (χ1) is 9.31. The van der Waals surface area contributed by atoms with E-state index in [1.807, 2.05) is 36.9 Å². The molecule has 0 spiro atoms. The maximum absolute atomic E-state index is 5.90. The van der Waals surface area contributed by atoms with E-state index < -0.39 is 0 Å². The maximum Gasteiger partial charge on any atom is 0.0468 e. The molecule has 0 bridgehead atoms. The predicted octanol–water partition coefficient (Wildman–Crippen LogP) is 1.65. The van der Waals surface area contributed by atoms with Crippen molar-refractivity contribution < 1.29 is 0 Å². The molecule has 0 aliphatic carbocycles. The van der Waals surface area contributed by atoms with Gasteiger partial charge in [0.25, 0.3) is 0 Å². The molecule has 0 saturated heterocycles. The second-order valence-electron chi connectivity index (χ2n) is 4.62. The Morgan fingerprint density at radius 1 is 1.05 bits per heavy atom. The fourth-order valence-electron chi connectivity index (χ4n) is 2.17. The molecule has 2 heterocycles. The van der Waals surface area contributed by atoms with Crippen molar-refractivity contribution in [2.45, 2.75) is 12.5 Å². The largest absolute Gasteiger partial charge is 0.329 e. The minimum atomic E-state index is 0.241. The topological polar surface area (TPSA) is 55.0 Å². The first kappa shape index (κ1) is 13.6. The molecule has 4 nitrogen and oxygen atoms in total. The molecule has 2 aromatic rings. The molecular weight excluding hydrogens is 236 g/mol. The van der Waals surface area contributed by atoms with E-state index in [0.29, 0.717) is 6.54 Å². The highest BCUT2D eigenvalue weighted by Gasteiger charge is 2.14. The van der Waals surface area contributed by atoms with Crippen molar-refractivity contribution in [3.05, 3.63) is 60.2 Å². The van der Waals surface area contributed by atoms with Crippen LogP contribution >= 0.6 is 0 Å². The zero-order chi connectivity index (χ0) is 13.5. The van der Waals surface area contributed by atoms with Crippen LogP contribution < -0.4 is 5.73 Å². The van der Waals surface area contributed by atoms with Crippen molar-refractivity contribution in [3.63, 3.8) is 0 Å². The molecular formula is C15H20N4. The van der Waals surface area contributed by atoms with Crippen molar-refractivity contribution in [1.82, 2.24) is 14.9 Å². The third kappa shape index (κ3) is 3.84. The molecule has 100 valence electrons. The van der Waals surface area contributed by atoms with E-state index in [2.05, 4.69) is 34.0 Å². The van der Waals surface area contributed by atoms with E-state index >= 15 is 0 Å². The summed E-state index contributed by atoms with van der Waals surface area (Å²) in [6.45, 7) is 1.57. The highest BCUT2D eigenvalue weighted by atomic mass is 15.1. The molecule has 0 aromatic carbocycles. The lowest BCUT2D eigenvalue weighted by Gasteiger charge is -2.27. The highest BCUT2D eigenvalue weighted by Crippen LogP contribution is 2.17. The van der Waals surface area contributed by atoms with Crippen LogP contribution in [0.4, 0.5) is 0 Å². The van der Waals surface area contributed by atoms with Crippen molar-refractivity contribution in [2.75, 3.05) is 20.1 Å². The molecule has 4 heteroatoms. The molecule has 0 radical (unpaired) electrons. The van der Waals surface area contributed by atoms with Crippen molar-refractivity contribution in [2.24, 2.45) is 5.73 Å². The van der Waals surface area contributed by atoms with Crippen LogP contribution in [0.25, 0.3) is 0 Å². The summed E-state index contributed by atoms with van der Waals surface area (Å²) < 4.78 is 0. The second kappa shape index (κ2) is 6.97. The molecule has 19 heavy (non-hydrogen) atoms. The number of aromatic nitrogens is 2. The highest BCUT2D eigenvalue weighted by molar-refractivity contribution is 5.16. The van der Waals surface area contributed by atoms with Crippen LogP contribution in [0.2, 0.25) is 0 Å². The summed E-state index contributed by atoms with van der Waals surface area (Å²) in [5.74, 6) is 0. The maximum atomic E-state index is 5.90. The summed E-state index contributed by atoms with van der Waals surface area (Å²) in [5, 5.41) is 0. The second-order valence-corrected chi connectivity index (χ2v) is 4.62. The average molecular weight is 256 g/mol. The lowest BCUT2D eigenvalue weighted by atomic mass is 10.1. The van der Waals surface area contributed by atoms with Gasteiger partial charge in [-0.1, -0.05) is 0 Å². The number of nitrogens with two attached hydrogens (primary N) is 1. The van der Waals surface area contributed by atoms with E-state index in [1.54, 1.807) is 0 Å². The molecule has 0 saturated carbocycles. The lowest BCUT2D eigenvalue weighted by molar-refractivity contribution is 0.253. The van der Waals surface area contributed by atoms with E-state index in [0.717, 1.165) is 13.0 Å². The summed E-state index contributed by atoms with van der Waals surface area (Å²) in [5.41, 5.74) is 8.42. The predicted molar refractivity (Wildman–Crippen MR) is 76.6 cm³/mol. The van der Waals surface area contributed by atoms with Crippen LogP contribution in [-0.4, -0.2) is 35.0 Å². The Bertz CT molecular complexity index is 472. The number of likely N-dealkylation sites (N-methyl/N-ethyl adjacent to an activating group) is 1. The van der Waals surface area contributed by atoms with Crippen LogP contribution in [0, 0.1) is 0 Å². The number of hydrogen-bond donors (Lipinski definition) is 1. The quantitative estimate of drug-likeness (QED) is 0.854. The van der Waals surface area contributed by atoms with Crippen molar-refractivity contribution in [1.29, 1.82) is 0 Å². The minimum absolute atomic E-state index is 0.241. The van der Waals surface area contributed by atoms with Crippen LogP contribution in [0.5, 0.6) is 0 Å². The number of pyridine rings is 2. The Kier molecular flexibility index (Phi) is 5.01. The normalized spacial score (nSPS) is 12.6. The molecule has 0 aliphatic rings. The Balaban J connectivity index is 1.96. The van der Waals surface area contributed by atoms with Gasteiger partial charge in [-0.25, -0.2) is 0 Å². The van der Waals surface area contributed by atoms with Gasteiger partial charge in [-0.3, -0.25) is 14.9 Å². The summed E-state index contributed by atoms with van der Waals surface area (Å²) in [6.07, 6.45) is 8.29. The van der Waals surface area contributed by atoms with Gasteiger partial charge in [0.05, 0.1) is 0 Å². The van der Waals surface area contributed by atoms with Gasteiger partial charge in [-0.15, -0.1) is 0 Å². The van der Waals surface area contributed by atoms with Crippen molar-refractivity contribution >= 4 is 0 Å². The minimum Gasteiger partial charge on any atom is -0.329 e. The SMILES string of the molecule is CN(CCc1ccncc1)C(CN)c1ccncc1. The van der Waals surface area contributed by atoms with Gasteiger partial charge < -0.3 is 5.73 Å². The summed E-state index contributed by atoms with van der Waals surface area (Å²) in [6, 6.07) is 8.40. The summed E-state index contributed by atoms with van der Waals surface area (Å²) >= 11 is 0. The number of rotatable bonds is 6. The van der Waals surface area contributed by atoms with Gasteiger partial charge in [0, 0.05) is 43.9 Å². The Morgan fingerprint density at radius 3 is 2.21 bits per heavy atom. The molecule has 2 rings (SSSR count). The molecule has 1 atom stereocenters. The first-order valence-corrected chi connectivity index (χ1v) is 6.50. The Hall–Kier alpha value is -1.78. The van der Waals surface area contributed by atoms with Crippen LogP contribution in [-0.2, 0) is 6.42 Å². The van der Waals surface area contributed by atoms with Crippen molar-refractivity contribution in [3.8, 4) is 0 Å². The zero-order valence-electron chi connectivity index (χ0n) is 11.2. The smallest absolute Gasteiger partial charge is 0.0468 e. The molecule has 0 aliphatic heterocycles. The van der Waals surface area contributed by atoms with Gasteiger partial charge in [0.15, 0.2) is 0 Å². The molecule has 1 unspecified atom stereocenters. The van der Waals surface area contributed by atoms with Crippen LogP contribution in [0.1, 0.15) is 17.2 Å². The van der Waals surface area contributed by atoms with Gasteiger partial charge in [0.2, 0.25) is 0 Å². The molecule has 0 amide bonds. The van der Waals surface area contributed by atoms with E-state index in [9.17, 15) is 0 Å². The first-order valence-electron chi connectivity index (χ1n) is 6.50. The molecule has 2 aromatic heterocycles. The van der Waals surface area contributed by atoms with Gasteiger partial charge in [0.1, 0.15) is 0 Å². The molecule has 2 N–H and O–H groups in total. The Morgan fingerprint density at radius 2 is 1.63 bits per heavy atom. The molecule has 0 fully saturated rings. The number of nitrogens with zero attached hydrogens (tertiary/aromatic N) is 3. The van der Waals surface area contributed by atoms with E-state index in [4.69, 9.17) is 5.73 Å². The van der Waals surface area contributed by atoms with Gasteiger partial charge in [-0.2, -0.15) is 0 Å². The van der Waals surface area contributed by atoms with Gasteiger partial charge in [-0.05, 0) is 48.9 Å². The van der Waals surface area contributed by atoms with E-state index in [-0.39, 0.29) is 6.04 Å². The van der Waals surface area contributed by atoms with E-state index in [1.165, 1.54) is 11.1 Å².